The zero-order valence-corrected chi connectivity index (χ0v) is 11.2. The van der Waals surface area contributed by atoms with Crippen LogP contribution in [0.5, 0.6) is 0 Å². The summed E-state index contributed by atoms with van der Waals surface area (Å²) >= 11 is 0. The molecule has 2 heteroatoms. The lowest BCUT2D eigenvalue weighted by Gasteiger charge is -2.07. The van der Waals surface area contributed by atoms with Gasteiger partial charge in [-0.1, -0.05) is 25.7 Å². The van der Waals surface area contributed by atoms with E-state index in [0.717, 1.165) is 29.3 Å². The number of aromatic amines is 1. The first-order valence-electron chi connectivity index (χ1n) is 6.78. The van der Waals surface area contributed by atoms with Crippen LogP contribution in [-0.2, 0) is 0 Å². The lowest BCUT2D eigenvalue weighted by molar-refractivity contribution is 0.0969. The van der Waals surface area contributed by atoms with Crippen LogP contribution in [0.3, 0.4) is 0 Å². The summed E-state index contributed by atoms with van der Waals surface area (Å²) in [6, 6.07) is 0. The molecule has 94 valence electrons. The third-order valence-electron chi connectivity index (χ3n) is 4.35. The van der Waals surface area contributed by atoms with Crippen LogP contribution in [0.25, 0.3) is 0 Å². The zero-order chi connectivity index (χ0) is 12.4. The molecule has 0 saturated heterocycles. The van der Waals surface area contributed by atoms with Crippen molar-refractivity contribution in [1.29, 1.82) is 0 Å². The fourth-order valence-electron chi connectivity index (χ4n) is 2.88. The van der Waals surface area contributed by atoms with Gasteiger partial charge < -0.3 is 4.98 Å². The van der Waals surface area contributed by atoms with Crippen LogP contribution in [0.1, 0.15) is 65.8 Å². The highest BCUT2D eigenvalue weighted by molar-refractivity contribution is 5.96. The van der Waals surface area contributed by atoms with Crippen molar-refractivity contribution < 1.29 is 4.79 Å². The van der Waals surface area contributed by atoms with Gasteiger partial charge in [-0.05, 0) is 44.2 Å². The molecule has 0 spiro atoms. The molecular weight excluding hydrogens is 210 g/mol. The van der Waals surface area contributed by atoms with E-state index in [-0.39, 0.29) is 0 Å². The Bertz CT molecular complexity index is 411. The molecule has 1 saturated carbocycles. The molecule has 0 unspecified atom stereocenters. The van der Waals surface area contributed by atoms with Gasteiger partial charge in [0, 0.05) is 12.1 Å². The lowest BCUT2D eigenvalue weighted by atomic mass is 9.98. The van der Waals surface area contributed by atoms with Crippen molar-refractivity contribution in [2.24, 2.45) is 5.92 Å². The molecule has 0 atom stereocenters. The molecule has 0 aliphatic heterocycles. The summed E-state index contributed by atoms with van der Waals surface area (Å²) in [5.41, 5.74) is 4.35. The molecule has 0 amide bonds. The molecular formula is C15H23NO. The van der Waals surface area contributed by atoms with Crippen LogP contribution in [0, 0.1) is 26.7 Å². The van der Waals surface area contributed by atoms with E-state index in [1.165, 1.54) is 31.2 Å². The van der Waals surface area contributed by atoms with Crippen molar-refractivity contribution >= 4 is 5.78 Å². The molecule has 0 radical (unpaired) electrons. The number of H-pyrrole nitrogens is 1. The van der Waals surface area contributed by atoms with Gasteiger partial charge in [-0.25, -0.2) is 0 Å². The SMILES string of the molecule is Cc1[nH]c(C(=O)CCC2CCCC2)c(C)c1C. The van der Waals surface area contributed by atoms with Gasteiger partial charge in [0.2, 0.25) is 0 Å². The van der Waals surface area contributed by atoms with Crippen molar-refractivity contribution in [3.8, 4) is 0 Å². The van der Waals surface area contributed by atoms with E-state index in [1.54, 1.807) is 0 Å². The third kappa shape index (κ3) is 2.62. The molecule has 2 nitrogen and oxygen atoms in total. The molecule has 1 aromatic rings. The minimum absolute atomic E-state index is 0.297. The Balaban J connectivity index is 1.96. The summed E-state index contributed by atoms with van der Waals surface area (Å²) < 4.78 is 0. The maximum Gasteiger partial charge on any atom is 0.179 e. The van der Waals surface area contributed by atoms with Gasteiger partial charge in [0.1, 0.15) is 0 Å². The molecule has 2 rings (SSSR count). The van der Waals surface area contributed by atoms with Gasteiger partial charge in [0.25, 0.3) is 0 Å². The lowest BCUT2D eigenvalue weighted by Crippen LogP contribution is -2.05. The largest absolute Gasteiger partial charge is 0.356 e. The first kappa shape index (κ1) is 12.4. The zero-order valence-electron chi connectivity index (χ0n) is 11.2. The summed E-state index contributed by atoms with van der Waals surface area (Å²) in [6.07, 6.45) is 7.17. The molecule has 1 N–H and O–H groups in total. The standard InChI is InChI=1S/C15H23NO/c1-10-11(2)15(16-12(10)3)14(17)9-8-13-6-4-5-7-13/h13,16H,4-9H2,1-3H3. The second-order valence-electron chi connectivity index (χ2n) is 5.49. The Hall–Kier alpha value is -1.05. The molecule has 1 heterocycles. The molecule has 0 aromatic carbocycles. The Labute approximate surface area is 104 Å². The number of rotatable bonds is 4. The number of aryl methyl sites for hydroxylation is 1. The number of ketones is 1. The Kier molecular flexibility index (Phi) is 3.70. The quantitative estimate of drug-likeness (QED) is 0.780. The highest BCUT2D eigenvalue weighted by Crippen LogP contribution is 2.29. The number of hydrogen-bond donors (Lipinski definition) is 1. The van der Waals surface area contributed by atoms with Crippen LogP contribution in [0.4, 0.5) is 0 Å². The van der Waals surface area contributed by atoms with Gasteiger partial charge in [-0.2, -0.15) is 0 Å². The molecule has 1 aliphatic rings. The van der Waals surface area contributed by atoms with Crippen molar-refractivity contribution in [3.05, 3.63) is 22.5 Å². The average molecular weight is 233 g/mol. The normalized spacial score (nSPS) is 16.6. The second-order valence-corrected chi connectivity index (χ2v) is 5.49. The minimum Gasteiger partial charge on any atom is -0.356 e. The molecule has 0 bridgehead atoms. The van der Waals surface area contributed by atoms with E-state index >= 15 is 0 Å². The monoisotopic (exact) mass is 233 g/mol. The number of Topliss-reactive ketones (excluding diaryl/α,β-unsaturated/α-hetero) is 1. The second kappa shape index (κ2) is 5.07. The molecule has 1 fully saturated rings. The predicted molar refractivity (Wildman–Crippen MR) is 70.5 cm³/mol. The van der Waals surface area contributed by atoms with Crippen LogP contribution in [0.2, 0.25) is 0 Å². The predicted octanol–water partition coefficient (Wildman–Crippen LogP) is 4.09. The number of carbonyl (C=O) groups excluding carboxylic acids is 1. The first-order chi connectivity index (χ1) is 8.09. The number of carbonyl (C=O) groups is 1. The first-order valence-corrected chi connectivity index (χ1v) is 6.78. The van der Waals surface area contributed by atoms with Crippen molar-refractivity contribution in [2.45, 2.75) is 59.3 Å². The third-order valence-corrected chi connectivity index (χ3v) is 4.35. The van der Waals surface area contributed by atoms with Crippen LogP contribution >= 0.6 is 0 Å². The smallest absolute Gasteiger partial charge is 0.179 e. The fourth-order valence-corrected chi connectivity index (χ4v) is 2.88. The van der Waals surface area contributed by atoms with Gasteiger partial charge >= 0.3 is 0 Å². The van der Waals surface area contributed by atoms with E-state index in [0.29, 0.717) is 12.2 Å². The van der Waals surface area contributed by atoms with Gasteiger partial charge in [0.15, 0.2) is 5.78 Å². The van der Waals surface area contributed by atoms with Crippen LogP contribution in [-0.4, -0.2) is 10.8 Å². The van der Waals surface area contributed by atoms with E-state index in [4.69, 9.17) is 0 Å². The maximum atomic E-state index is 12.2. The van der Waals surface area contributed by atoms with Crippen molar-refractivity contribution in [3.63, 3.8) is 0 Å². The van der Waals surface area contributed by atoms with Gasteiger partial charge in [-0.3, -0.25) is 4.79 Å². The van der Waals surface area contributed by atoms with E-state index in [1.807, 2.05) is 13.8 Å². The summed E-state index contributed by atoms with van der Waals surface area (Å²) in [5.74, 6) is 1.10. The summed E-state index contributed by atoms with van der Waals surface area (Å²) in [4.78, 5) is 15.4. The summed E-state index contributed by atoms with van der Waals surface area (Å²) in [5, 5.41) is 0. The highest BCUT2D eigenvalue weighted by Gasteiger charge is 2.19. The van der Waals surface area contributed by atoms with E-state index in [9.17, 15) is 4.79 Å². The van der Waals surface area contributed by atoms with Gasteiger partial charge in [-0.15, -0.1) is 0 Å². The highest BCUT2D eigenvalue weighted by atomic mass is 16.1. The van der Waals surface area contributed by atoms with Gasteiger partial charge in [0.05, 0.1) is 5.69 Å². The number of aromatic nitrogens is 1. The van der Waals surface area contributed by atoms with Crippen LogP contribution < -0.4 is 0 Å². The molecule has 1 aromatic heterocycles. The molecule has 1 aliphatic carbocycles. The van der Waals surface area contributed by atoms with Crippen LogP contribution in [0.15, 0.2) is 0 Å². The maximum absolute atomic E-state index is 12.2. The molecule has 17 heavy (non-hydrogen) atoms. The number of hydrogen-bond acceptors (Lipinski definition) is 1. The number of nitrogens with one attached hydrogen (secondary N) is 1. The van der Waals surface area contributed by atoms with E-state index < -0.39 is 0 Å². The summed E-state index contributed by atoms with van der Waals surface area (Å²) in [6.45, 7) is 6.16. The Morgan fingerprint density at radius 2 is 1.82 bits per heavy atom. The average Bonchev–Trinajstić information content (AvgIpc) is 2.91. The Morgan fingerprint density at radius 1 is 1.18 bits per heavy atom. The van der Waals surface area contributed by atoms with E-state index in [2.05, 4.69) is 11.9 Å². The summed E-state index contributed by atoms with van der Waals surface area (Å²) in [7, 11) is 0. The Morgan fingerprint density at radius 3 is 2.35 bits per heavy atom. The van der Waals surface area contributed by atoms with Crippen molar-refractivity contribution in [1.82, 2.24) is 4.98 Å². The minimum atomic E-state index is 0.297. The van der Waals surface area contributed by atoms with Crippen molar-refractivity contribution in [2.75, 3.05) is 0 Å². The fraction of sp³-hybridized carbons (Fsp3) is 0.667. The topological polar surface area (TPSA) is 32.9 Å².